The zero-order chi connectivity index (χ0) is 19.7. The maximum absolute atomic E-state index is 6.88. The molecule has 0 saturated carbocycles. The van der Waals surface area contributed by atoms with Gasteiger partial charge in [0.05, 0.1) is 17.3 Å². The molecule has 1 heterocycles. The number of hydrogen-bond acceptors (Lipinski definition) is 1. The third-order valence-electron chi connectivity index (χ3n) is 4.54. The van der Waals surface area contributed by atoms with Crippen molar-refractivity contribution >= 4 is 43.5 Å². The second-order valence-corrected chi connectivity index (χ2v) is 8.88. The van der Waals surface area contributed by atoms with Gasteiger partial charge in [0.2, 0.25) is 0 Å². The lowest BCUT2D eigenvalue weighted by atomic mass is 10.1. The van der Waals surface area contributed by atoms with E-state index in [0.29, 0.717) is 11.6 Å². The Morgan fingerprint density at radius 1 is 0.857 bits per heavy atom. The molecule has 0 N–H and O–H groups in total. The minimum absolute atomic E-state index is 0.649. The lowest BCUT2D eigenvalue weighted by Gasteiger charge is -2.09. The van der Waals surface area contributed by atoms with Gasteiger partial charge in [-0.25, -0.2) is 0 Å². The van der Waals surface area contributed by atoms with Gasteiger partial charge in [0, 0.05) is 20.1 Å². The normalized spacial score (nSPS) is 11.0. The molecule has 0 spiro atoms. The summed E-state index contributed by atoms with van der Waals surface area (Å²) in [5, 5.41) is 5.55. The molecule has 3 aromatic carbocycles. The van der Waals surface area contributed by atoms with E-state index < -0.39 is 0 Å². The number of rotatable bonds is 4. The van der Waals surface area contributed by atoms with Crippen molar-refractivity contribution in [2.75, 3.05) is 0 Å². The fourth-order valence-corrected chi connectivity index (χ4v) is 4.30. The predicted octanol–water partition coefficient (Wildman–Crippen LogP) is 7.75. The molecular weight excluding hydrogens is 500 g/mol. The van der Waals surface area contributed by atoms with Gasteiger partial charge >= 0.3 is 0 Å². The number of aryl methyl sites for hydroxylation is 1. The van der Waals surface area contributed by atoms with Gasteiger partial charge < -0.3 is 0 Å². The van der Waals surface area contributed by atoms with Crippen LogP contribution in [-0.4, -0.2) is 9.78 Å². The molecule has 4 rings (SSSR count). The fraction of sp³-hybridized carbons (Fsp3) is 0.0870. The van der Waals surface area contributed by atoms with E-state index in [1.165, 1.54) is 11.1 Å². The molecule has 4 aromatic rings. The molecule has 0 aliphatic heterocycles. The third kappa shape index (κ3) is 4.09. The smallest absolute Gasteiger partial charge is 0.112 e. The first-order valence-corrected chi connectivity index (χ1v) is 10.8. The first-order valence-electron chi connectivity index (χ1n) is 8.85. The molecule has 0 aliphatic rings. The van der Waals surface area contributed by atoms with Crippen molar-refractivity contribution in [3.63, 3.8) is 0 Å². The Morgan fingerprint density at radius 3 is 2.11 bits per heavy atom. The standard InChI is InChI=1S/C23H17Br2ClN2/c1-15-8-10-16(11-9-15)14-28-23(18-5-3-7-20(25)13-18)21(26)22(27-28)17-4-2-6-19(24)12-17/h2-13H,14H2,1H3. The maximum atomic E-state index is 6.88. The highest BCUT2D eigenvalue weighted by atomic mass is 79.9. The summed E-state index contributed by atoms with van der Waals surface area (Å²) in [6, 6.07) is 24.7. The Kier molecular flexibility index (Phi) is 5.72. The van der Waals surface area contributed by atoms with Gasteiger partial charge in [-0.1, -0.05) is 97.6 Å². The van der Waals surface area contributed by atoms with Crippen molar-refractivity contribution in [1.82, 2.24) is 9.78 Å². The Bertz CT molecular complexity index is 1130. The molecule has 0 atom stereocenters. The van der Waals surface area contributed by atoms with Crippen molar-refractivity contribution < 1.29 is 0 Å². The Morgan fingerprint density at radius 2 is 1.46 bits per heavy atom. The molecule has 5 heteroatoms. The summed E-state index contributed by atoms with van der Waals surface area (Å²) in [6.45, 7) is 2.74. The van der Waals surface area contributed by atoms with Crippen molar-refractivity contribution in [2.45, 2.75) is 13.5 Å². The molecule has 0 fully saturated rings. The second-order valence-electron chi connectivity index (χ2n) is 6.68. The van der Waals surface area contributed by atoms with Crippen LogP contribution in [0.4, 0.5) is 0 Å². The van der Waals surface area contributed by atoms with E-state index in [-0.39, 0.29) is 0 Å². The minimum atomic E-state index is 0.649. The van der Waals surface area contributed by atoms with Crippen LogP contribution in [0, 0.1) is 6.92 Å². The summed E-state index contributed by atoms with van der Waals surface area (Å²) >= 11 is 14.0. The van der Waals surface area contributed by atoms with Crippen molar-refractivity contribution in [3.8, 4) is 22.5 Å². The Balaban J connectivity index is 1.87. The van der Waals surface area contributed by atoms with Crippen LogP contribution < -0.4 is 0 Å². The molecule has 1 aromatic heterocycles. The molecule has 140 valence electrons. The highest BCUT2D eigenvalue weighted by Gasteiger charge is 2.20. The largest absolute Gasteiger partial charge is 0.258 e. The van der Waals surface area contributed by atoms with E-state index in [9.17, 15) is 0 Å². The van der Waals surface area contributed by atoms with Gasteiger partial charge in [-0.05, 0) is 36.8 Å². The number of benzene rings is 3. The van der Waals surface area contributed by atoms with Gasteiger partial charge in [-0.2, -0.15) is 5.10 Å². The number of aromatic nitrogens is 2. The minimum Gasteiger partial charge on any atom is -0.258 e. The molecule has 0 amide bonds. The summed E-state index contributed by atoms with van der Waals surface area (Å²) in [7, 11) is 0. The van der Waals surface area contributed by atoms with E-state index >= 15 is 0 Å². The summed E-state index contributed by atoms with van der Waals surface area (Å²) < 4.78 is 4.00. The van der Waals surface area contributed by atoms with Crippen LogP contribution in [0.15, 0.2) is 81.7 Å². The average molecular weight is 517 g/mol. The number of hydrogen-bond donors (Lipinski definition) is 0. The van der Waals surface area contributed by atoms with Crippen LogP contribution >= 0.6 is 43.5 Å². The lowest BCUT2D eigenvalue weighted by molar-refractivity contribution is 0.697. The Labute approximate surface area is 186 Å². The van der Waals surface area contributed by atoms with E-state index in [4.69, 9.17) is 16.7 Å². The molecule has 0 radical (unpaired) electrons. The van der Waals surface area contributed by atoms with Crippen LogP contribution in [-0.2, 0) is 6.54 Å². The molecule has 0 aliphatic carbocycles. The zero-order valence-electron chi connectivity index (χ0n) is 15.2. The van der Waals surface area contributed by atoms with Crippen LogP contribution in [0.5, 0.6) is 0 Å². The summed E-state index contributed by atoms with van der Waals surface area (Å²) in [5.74, 6) is 0. The summed E-state index contributed by atoms with van der Waals surface area (Å²) in [4.78, 5) is 0. The molecular formula is C23H17Br2ClN2. The number of halogens is 3. The van der Waals surface area contributed by atoms with E-state index in [0.717, 1.165) is 31.5 Å². The van der Waals surface area contributed by atoms with Crippen LogP contribution in [0.2, 0.25) is 5.02 Å². The topological polar surface area (TPSA) is 17.8 Å². The van der Waals surface area contributed by atoms with Gasteiger partial charge in [0.15, 0.2) is 0 Å². The highest BCUT2D eigenvalue weighted by molar-refractivity contribution is 9.10. The van der Waals surface area contributed by atoms with Gasteiger partial charge in [-0.15, -0.1) is 0 Å². The average Bonchev–Trinajstić information content (AvgIpc) is 2.99. The van der Waals surface area contributed by atoms with Gasteiger partial charge in [-0.3, -0.25) is 4.68 Å². The van der Waals surface area contributed by atoms with Crippen LogP contribution in [0.1, 0.15) is 11.1 Å². The van der Waals surface area contributed by atoms with E-state index in [1.807, 2.05) is 41.1 Å². The third-order valence-corrected chi connectivity index (χ3v) is 5.89. The van der Waals surface area contributed by atoms with Crippen molar-refractivity contribution in [1.29, 1.82) is 0 Å². The molecule has 2 nitrogen and oxygen atoms in total. The fourth-order valence-electron chi connectivity index (χ4n) is 3.15. The molecule has 0 bridgehead atoms. The van der Waals surface area contributed by atoms with Crippen LogP contribution in [0.25, 0.3) is 22.5 Å². The first-order chi connectivity index (χ1) is 13.5. The first kappa shape index (κ1) is 19.4. The summed E-state index contributed by atoms with van der Waals surface area (Å²) in [5.41, 5.74) is 6.13. The molecule has 28 heavy (non-hydrogen) atoms. The molecule has 0 saturated heterocycles. The van der Waals surface area contributed by atoms with Gasteiger partial charge in [0.25, 0.3) is 0 Å². The van der Waals surface area contributed by atoms with E-state index in [1.54, 1.807) is 0 Å². The maximum Gasteiger partial charge on any atom is 0.112 e. The Hall–Kier alpha value is -1.88. The predicted molar refractivity (Wildman–Crippen MR) is 124 cm³/mol. The quantitative estimate of drug-likeness (QED) is 0.271. The lowest BCUT2D eigenvalue weighted by Crippen LogP contribution is -2.04. The molecule has 0 unspecified atom stereocenters. The van der Waals surface area contributed by atoms with Crippen LogP contribution in [0.3, 0.4) is 0 Å². The summed E-state index contributed by atoms with van der Waals surface area (Å²) in [6.07, 6.45) is 0. The SMILES string of the molecule is Cc1ccc(Cn2nc(-c3cccc(Br)c3)c(Cl)c2-c2cccc(Br)c2)cc1. The number of nitrogens with zero attached hydrogens (tertiary/aromatic N) is 2. The second kappa shape index (κ2) is 8.24. The zero-order valence-corrected chi connectivity index (χ0v) is 19.1. The van der Waals surface area contributed by atoms with Crippen molar-refractivity contribution in [3.05, 3.63) is 97.9 Å². The monoisotopic (exact) mass is 514 g/mol. The highest BCUT2D eigenvalue weighted by Crippen LogP contribution is 2.38. The van der Waals surface area contributed by atoms with E-state index in [2.05, 4.69) is 75.2 Å². The van der Waals surface area contributed by atoms with Gasteiger partial charge in [0.1, 0.15) is 5.69 Å². The van der Waals surface area contributed by atoms with Crippen molar-refractivity contribution in [2.24, 2.45) is 0 Å².